The van der Waals surface area contributed by atoms with Crippen molar-refractivity contribution in [1.29, 1.82) is 0 Å². The third kappa shape index (κ3) is 3.33. The van der Waals surface area contributed by atoms with Crippen molar-refractivity contribution in [2.24, 2.45) is 0 Å². The molecule has 0 spiro atoms. The van der Waals surface area contributed by atoms with E-state index in [9.17, 15) is 4.79 Å². The van der Waals surface area contributed by atoms with Gasteiger partial charge in [0.25, 0.3) is 0 Å². The number of amides is 1. The summed E-state index contributed by atoms with van der Waals surface area (Å²) < 4.78 is 4.79. The van der Waals surface area contributed by atoms with Gasteiger partial charge in [0.1, 0.15) is 0 Å². The number of rotatable bonds is 3. The minimum Gasteiger partial charge on any atom is -0.449 e. The van der Waals surface area contributed by atoms with Gasteiger partial charge >= 0.3 is 6.09 Å². The maximum atomic E-state index is 10.8. The van der Waals surface area contributed by atoms with Crippen LogP contribution in [0.4, 0.5) is 4.79 Å². The molecule has 10 heavy (non-hydrogen) atoms. The Morgan fingerprint density at radius 1 is 1.70 bits per heavy atom. The van der Waals surface area contributed by atoms with Crippen LogP contribution < -0.4 is 0 Å². The Balaban J connectivity index is 3.42. The molecule has 1 amide bonds. The zero-order valence-corrected chi connectivity index (χ0v) is 6.59. The molecular formula is C7H14NO2. The topological polar surface area (TPSA) is 29.5 Å². The molecule has 0 saturated heterocycles. The van der Waals surface area contributed by atoms with Gasteiger partial charge in [0.2, 0.25) is 0 Å². The van der Waals surface area contributed by atoms with E-state index in [2.05, 4.69) is 6.92 Å². The molecule has 0 saturated carbocycles. The summed E-state index contributed by atoms with van der Waals surface area (Å²) in [7, 11) is 1.66. The highest BCUT2D eigenvalue weighted by Crippen LogP contribution is 1.89. The average molecular weight is 144 g/mol. The minimum atomic E-state index is -0.295. The van der Waals surface area contributed by atoms with E-state index in [1.54, 1.807) is 7.05 Å². The van der Waals surface area contributed by atoms with Gasteiger partial charge in [-0.05, 0) is 13.3 Å². The van der Waals surface area contributed by atoms with Gasteiger partial charge in [-0.2, -0.15) is 0 Å². The molecule has 0 fully saturated rings. The second-order valence-electron chi connectivity index (χ2n) is 2.04. The van der Waals surface area contributed by atoms with Gasteiger partial charge in [-0.1, -0.05) is 6.92 Å². The molecule has 0 aromatic rings. The lowest BCUT2D eigenvalue weighted by Crippen LogP contribution is -2.27. The van der Waals surface area contributed by atoms with Gasteiger partial charge < -0.3 is 9.64 Å². The summed E-state index contributed by atoms with van der Waals surface area (Å²) in [6, 6.07) is 0. The van der Waals surface area contributed by atoms with E-state index in [1.165, 1.54) is 4.90 Å². The Morgan fingerprint density at radius 3 is 2.70 bits per heavy atom. The van der Waals surface area contributed by atoms with Gasteiger partial charge in [0.15, 0.2) is 0 Å². The number of carbonyl (C=O) groups is 1. The number of hydrogen-bond donors (Lipinski definition) is 0. The standard InChI is InChI=1S/C7H14NO2/c1-4-6-10-7(9)8(3)5-2/h2,4-6H2,1,3H3. The molecule has 0 aromatic carbocycles. The first-order chi connectivity index (χ1) is 4.72. The summed E-state index contributed by atoms with van der Waals surface area (Å²) in [6.07, 6.45) is 0.563. The third-order valence-electron chi connectivity index (χ3n) is 1.08. The molecule has 1 radical (unpaired) electrons. The predicted octanol–water partition coefficient (Wildman–Crippen LogP) is 1.30. The summed E-state index contributed by atoms with van der Waals surface area (Å²) >= 11 is 0. The van der Waals surface area contributed by atoms with Crippen molar-refractivity contribution >= 4 is 6.09 Å². The fourth-order valence-corrected chi connectivity index (χ4v) is 0.391. The van der Waals surface area contributed by atoms with Crippen molar-refractivity contribution in [3.05, 3.63) is 6.92 Å². The van der Waals surface area contributed by atoms with Crippen LogP contribution in [0.2, 0.25) is 0 Å². The largest absolute Gasteiger partial charge is 0.449 e. The van der Waals surface area contributed by atoms with E-state index in [1.807, 2.05) is 6.92 Å². The first-order valence-electron chi connectivity index (χ1n) is 3.39. The SMILES string of the molecule is [CH2]CN(C)C(=O)OCCC. The van der Waals surface area contributed by atoms with Gasteiger partial charge in [-0.3, -0.25) is 0 Å². The maximum Gasteiger partial charge on any atom is 0.409 e. The van der Waals surface area contributed by atoms with Crippen molar-refractivity contribution in [2.75, 3.05) is 20.2 Å². The Labute approximate surface area is 62.0 Å². The van der Waals surface area contributed by atoms with Crippen molar-refractivity contribution in [2.45, 2.75) is 13.3 Å². The highest BCUT2D eigenvalue weighted by molar-refractivity contribution is 5.67. The zero-order valence-electron chi connectivity index (χ0n) is 6.59. The fraction of sp³-hybridized carbons (Fsp3) is 0.714. The van der Waals surface area contributed by atoms with E-state index < -0.39 is 0 Å². The quantitative estimate of drug-likeness (QED) is 0.597. The monoisotopic (exact) mass is 144 g/mol. The van der Waals surface area contributed by atoms with Crippen LogP contribution in [0.25, 0.3) is 0 Å². The Hall–Kier alpha value is -0.730. The summed E-state index contributed by atoms with van der Waals surface area (Å²) in [4.78, 5) is 12.2. The van der Waals surface area contributed by atoms with E-state index in [0.29, 0.717) is 13.2 Å². The molecule has 59 valence electrons. The van der Waals surface area contributed by atoms with Crippen LogP contribution in [0, 0.1) is 6.92 Å². The molecule has 0 N–H and O–H groups in total. The lowest BCUT2D eigenvalue weighted by Gasteiger charge is -2.13. The molecule has 3 heteroatoms. The molecular weight excluding hydrogens is 130 g/mol. The van der Waals surface area contributed by atoms with Crippen LogP contribution in [0.3, 0.4) is 0 Å². The van der Waals surface area contributed by atoms with Crippen LogP contribution in [-0.4, -0.2) is 31.2 Å². The summed E-state index contributed by atoms with van der Waals surface area (Å²) in [5, 5.41) is 0. The van der Waals surface area contributed by atoms with Gasteiger partial charge in [-0.25, -0.2) is 4.79 Å². The smallest absolute Gasteiger partial charge is 0.409 e. The van der Waals surface area contributed by atoms with Crippen molar-refractivity contribution in [3.63, 3.8) is 0 Å². The van der Waals surface area contributed by atoms with Crippen molar-refractivity contribution < 1.29 is 9.53 Å². The highest BCUT2D eigenvalue weighted by atomic mass is 16.6. The molecule has 0 atom stereocenters. The average Bonchev–Trinajstić information content (AvgIpc) is 1.98. The van der Waals surface area contributed by atoms with Crippen LogP contribution in [-0.2, 0) is 4.74 Å². The minimum absolute atomic E-state index is 0.295. The molecule has 0 heterocycles. The van der Waals surface area contributed by atoms with Gasteiger partial charge in [-0.15, -0.1) is 0 Å². The maximum absolute atomic E-state index is 10.8. The summed E-state index contributed by atoms with van der Waals surface area (Å²) in [5.74, 6) is 0. The van der Waals surface area contributed by atoms with E-state index in [0.717, 1.165) is 6.42 Å². The molecule has 0 aliphatic rings. The molecule has 0 aromatic heterocycles. The van der Waals surface area contributed by atoms with Crippen LogP contribution >= 0.6 is 0 Å². The predicted molar refractivity (Wildman–Crippen MR) is 39.6 cm³/mol. The number of ether oxygens (including phenoxy) is 1. The first kappa shape index (κ1) is 9.27. The van der Waals surface area contributed by atoms with Crippen molar-refractivity contribution in [3.8, 4) is 0 Å². The third-order valence-corrected chi connectivity index (χ3v) is 1.08. The lowest BCUT2D eigenvalue weighted by molar-refractivity contribution is 0.114. The van der Waals surface area contributed by atoms with E-state index in [-0.39, 0.29) is 6.09 Å². The second-order valence-corrected chi connectivity index (χ2v) is 2.04. The van der Waals surface area contributed by atoms with Gasteiger partial charge in [0, 0.05) is 13.6 Å². The van der Waals surface area contributed by atoms with Crippen molar-refractivity contribution in [1.82, 2.24) is 4.90 Å². The molecule has 3 nitrogen and oxygen atoms in total. The second kappa shape index (κ2) is 5.09. The van der Waals surface area contributed by atoms with Gasteiger partial charge in [0.05, 0.1) is 6.61 Å². The molecule has 0 aliphatic carbocycles. The van der Waals surface area contributed by atoms with Crippen LogP contribution in [0.5, 0.6) is 0 Å². The normalized spacial score (nSPS) is 9.10. The van der Waals surface area contributed by atoms with Crippen LogP contribution in [0.1, 0.15) is 13.3 Å². The highest BCUT2D eigenvalue weighted by Gasteiger charge is 2.04. The zero-order chi connectivity index (χ0) is 7.98. The molecule has 0 unspecified atom stereocenters. The Kier molecular flexibility index (Phi) is 4.72. The van der Waals surface area contributed by atoms with E-state index >= 15 is 0 Å². The van der Waals surface area contributed by atoms with E-state index in [4.69, 9.17) is 4.74 Å². The number of hydrogen-bond acceptors (Lipinski definition) is 2. The molecule has 0 bridgehead atoms. The lowest BCUT2D eigenvalue weighted by atomic mass is 10.5. The fourth-order valence-electron chi connectivity index (χ4n) is 0.391. The summed E-state index contributed by atoms with van der Waals surface area (Å²) in [6.45, 7) is 6.43. The van der Waals surface area contributed by atoms with Crippen LogP contribution in [0.15, 0.2) is 0 Å². The Bertz CT molecular complexity index is 104. The number of carbonyl (C=O) groups excluding carboxylic acids is 1. The molecule has 0 rings (SSSR count). The molecule has 0 aliphatic heterocycles. The first-order valence-corrected chi connectivity index (χ1v) is 3.39. The Morgan fingerprint density at radius 2 is 2.30 bits per heavy atom. The number of nitrogens with zero attached hydrogens (tertiary/aromatic N) is 1. The summed E-state index contributed by atoms with van der Waals surface area (Å²) in [5.41, 5.74) is 0.